The fourth-order valence-corrected chi connectivity index (χ4v) is 4.45. The Balaban J connectivity index is 1.67. The van der Waals surface area contributed by atoms with Gasteiger partial charge in [0, 0.05) is 11.5 Å². The molecule has 0 radical (unpaired) electrons. The van der Waals surface area contributed by atoms with Crippen molar-refractivity contribution in [3.8, 4) is 11.5 Å². The third-order valence-corrected chi connectivity index (χ3v) is 6.59. The van der Waals surface area contributed by atoms with Crippen LogP contribution in [0.4, 0.5) is 0 Å². The Morgan fingerprint density at radius 2 is 2.08 bits per heavy atom. The van der Waals surface area contributed by atoms with Gasteiger partial charge in [0.05, 0.1) is 7.11 Å². The highest BCUT2D eigenvalue weighted by Gasteiger charge is 2.62. The lowest BCUT2D eigenvalue weighted by atomic mass is 9.70. The summed E-state index contributed by atoms with van der Waals surface area (Å²) in [7, 11) is 1.49. The average Bonchev–Trinajstić information content (AvgIpc) is 2.87. The largest absolute Gasteiger partial charge is 0.504 e. The lowest BCUT2D eigenvalue weighted by Gasteiger charge is -2.38. The molecule has 2 aliphatic rings. The number of hydrogen-bond acceptors (Lipinski definition) is 4. The van der Waals surface area contributed by atoms with Gasteiger partial charge in [0.25, 0.3) is 0 Å². The summed E-state index contributed by atoms with van der Waals surface area (Å²) >= 11 is 0. The van der Waals surface area contributed by atoms with E-state index in [0.29, 0.717) is 11.7 Å². The fraction of sp³-hybridized carbons (Fsp3) is 0.550. The topological polar surface area (TPSA) is 55.8 Å². The number of phenols is 1. The summed E-state index contributed by atoms with van der Waals surface area (Å²) in [5, 5.41) is 9.60. The van der Waals surface area contributed by atoms with E-state index in [0.717, 1.165) is 18.4 Å². The third-order valence-electron chi connectivity index (χ3n) is 6.59. The Labute approximate surface area is 143 Å². The van der Waals surface area contributed by atoms with Crippen LogP contribution in [0.1, 0.15) is 45.6 Å². The molecule has 24 heavy (non-hydrogen) atoms. The Bertz CT molecular complexity index is 676. The number of phenolic OH excluding ortho intramolecular Hbond substituents is 1. The van der Waals surface area contributed by atoms with Crippen LogP contribution in [0, 0.1) is 16.7 Å². The van der Waals surface area contributed by atoms with E-state index in [2.05, 4.69) is 20.8 Å². The van der Waals surface area contributed by atoms with Gasteiger partial charge in [-0.25, -0.2) is 4.79 Å². The molecule has 0 aliphatic heterocycles. The highest BCUT2D eigenvalue weighted by Crippen LogP contribution is 2.66. The predicted molar refractivity (Wildman–Crippen MR) is 92.8 cm³/mol. The first-order chi connectivity index (χ1) is 11.3. The van der Waals surface area contributed by atoms with Gasteiger partial charge in [-0.05, 0) is 54.4 Å². The van der Waals surface area contributed by atoms with E-state index in [1.54, 1.807) is 24.3 Å². The molecule has 3 rings (SSSR count). The van der Waals surface area contributed by atoms with Gasteiger partial charge in [0.15, 0.2) is 11.5 Å². The second kappa shape index (κ2) is 5.83. The molecule has 1 aromatic carbocycles. The van der Waals surface area contributed by atoms with Crippen molar-refractivity contribution in [3.05, 3.63) is 29.8 Å². The number of rotatable bonds is 4. The molecule has 1 N–H and O–H groups in total. The molecule has 0 saturated heterocycles. The molecule has 2 fully saturated rings. The monoisotopic (exact) mass is 330 g/mol. The summed E-state index contributed by atoms with van der Waals surface area (Å²) in [6.45, 7) is 6.86. The number of carbonyl (C=O) groups excluding carboxylic acids is 1. The van der Waals surface area contributed by atoms with E-state index in [1.165, 1.54) is 19.6 Å². The van der Waals surface area contributed by atoms with Gasteiger partial charge in [-0.3, -0.25) is 0 Å². The van der Waals surface area contributed by atoms with Crippen molar-refractivity contribution in [1.82, 2.24) is 0 Å². The second-order valence-electron chi connectivity index (χ2n) is 7.80. The Hall–Kier alpha value is -1.97. The van der Waals surface area contributed by atoms with Crippen LogP contribution in [-0.4, -0.2) is 24.3 Å². The summed E-state index contributed by atoms with van der Waals surface area (Å²) in [4.78, 5) is 12.2. The normalized spacial score (nSPS) is 30.7. The van der Waals surface area contributed by atoms with Crippen LogP contribution in [0.15, 0.2) is 24.3 Å². The maximum atomic E-state index is 12.2. The molecule has 0 unspecified atom stereocenters. The Kier molecular flexibility index (Phi) is 4.10. The summed E-state index contributed by atoms with van der Waals surface area (Å²) in [6.07, 6.45) is 6.47. The van der Waals surface area contributed by atoms with Gasteiger partial charge in [0.1, 0.15) is 6.10 Å². The average molecular weight is 330 g/mol. The van der Waals surface area contributed by atoms with Crippen LogP contribution in [0.25, 0.3) is 6.08 Å². The second-order valence-corrected chi connectivity index (χ2v) is 7.80. The quantitative estimate of drug-likeness (QED) is 0.665. The molecule has 2 bridgehead atoms. The van der Waals surface area contributed by atoms with Gasteiger partial charge >= 0.3 is 5.97 Å². The summed E-state index contributed by atoms with van der Waals surface area (Å²) in [5.41, 5.74) is 1.08. The Morgan fingerprint density at radius 1 is 1.33 bits per heavy atom. The van der Waals surface area contributed by atoms with E-state index in [-0.39, 0.29) is 28.7 Å². The molecule has 0 aromatic heterocycles. The van der Waals surface area contributed by atoms with Crippen molar-refractivity contribution in [2.45, 2.75) is 46.1 Å². The standard InChI is InChI=1S/C20H26O4/c1-19(2)14-9-10-20(19,3)17(12-14)24-18(22)8-6-13-5-7-15(21)16(11-13)23-4/h5-8,11,14,17,21H,9-10,12H2,1-4H3/b8-6+/t14-,17+,20-/m1/s1. The Morgan fingerprint density at radius 3 is 2.67 bits per heavy atom. The maximum Gasteiger partial charge on any atom is 0.331 e. The number of hydrogen-bond donors (Lipinski definition) is 1. The van der Waals surface area contributed by atoms with E-state index < -0.39 is 0 Å². The highest BCUT2D eigenvalue weighted by molar-refractivity contribution is 5.87. The van der Waals surface area contributed by atoms with E-state index in [1.807, 2.05) is 0 Å². The molecule has 4 nitrogen and oxygen atoms in total. The van der Waals surface area contributed by atoms with Crippen LogP contribution >= 0.6 is 0 Å². The summed E-state index contributed by atoms with van der Waals surface area (Å²) in [6, 6.07) is 4.95. The molecule has 3 atom stereocenters. The number of fused-ring (bicyclic) bond motifs is 2. The van der Waals surface area contributed by atoms with Crippen molar-refractivity contribution in [1.29, 1.82) is 0 Å². The van der Waals surface area contributed by atoms with Gasteiger partial charge in [-0.1, -0.05) is 26.8 Å². The van der Waals surface area contributed by atoms with Crippen LogP contribution in [0.3, 0.4) is 0 Å². The SMILES string of the molecule is COc1cc(/C=C/C(=O)O[C@H]2C[C@H]3CC[C@@]2(C)C3(C)C)ccc1O. The molecule has 4 heteroatoms. The summed E-state index contributed by atoms with van der Waals surface area (Å²) in [5.74, 6) is 0.796. The molecule has 130 valence electrons. The molecular weight excluding hydrogens is 304 g/mol. The van der Waals surface area contributed by atoms with Crippen molar-refractivity contribution in [3.63, 3.8) is 0 Å². The van der Waals surface area contributed by atoms with E-state index >= 15 is 0 Å². The van der Waals surface area contributed by atoms with Gasteiger partial charge in [0.2, 0.25) is 0 Å². The first-order valence-electron chi connectivity index (χ1n) is 8.53. The minimum Gasteiger partial charge on any atom is -0.504 e. The zero-order valence-corrected chi connectivity index (χ0v) is 14.8. The van der Waals surface area contributed by atoms with Crippen LogP contribution < -0.4 is 4.74 Å². The van der Waals surface area contributed by atoms with Crippen molar-refractivity contribution in [2.24, 2.45) is 16.7 Å². The zero-order chi connectivity index (χ0) is 17.5. The van der Waals surface area contributed by atoms with Crippen LogP contribution in [0.5, 0.6) is 11.5 Å². The van der Waals surface area contributed by atoms with Gasteiger partial charge < -0.3 is 14.6 Å². The van der Waals surface area contributed by atoms with Gasteiger partial charge in [-0.15, -0.1) is 0 Å². The maximum absolute atomic E-state index is 12.2. The highest BCUT2D eigenvalue weighted by atomic mass is 16.5. The lowest BCUT2D eigenvalue weighted by Crippen LogP contribution is -2.38. The molecule has 1 aromatic rings. The van der Waals surface area contributed by atoms with Crippen molar-refractivity contribution >= 4 is 12.0 Å². The molecule has 0 spiro atoms. The number of ether oxygens (including phenoxy) is 2. The smallest absolute Gasteiger partial charge is 0.331 e. The molecule has 2 saturated carbocycles. The third kappa shape index (κ3) is 2.58. The molecular formula is C20H26O4. The number of benzene rings is 1. The number of methoxy groups -OCH3 is 1. The minimum atomic E-state index is -0.309. The van der Waals surface area contributed by atoms with Crippen molar-refractivity contribution < 1.29 is 19.4 Å². The van der Waals surface area contributed by atoms with Crippen LogP contribution in [0.2, 0.25) is 0 Å². The summed E-state index contributed by atoms with van der Waals surface area (Å²) < 4.78 is 10.8. The fourth-order valence-electron chi connectivity index (χ4n) is 4.45. The zero-order valence-electron chi connectivity index (χ0n) is 14.8. The van der Waals surface area contributed by atoms with Crippen molar-refractivity contribution in [2.75, 3.05) is 7.11 Å². The van der Waals surface area contributed by atoms with Gasteiger partial charge in [-0.2, -0.15) is 0 Å². The van der Waals surface area contributed by atoms with E-state index in [4.69, 9.17) is 9.47 Å². The minimum absolute atomic E-state index is 0.00208. The molecule has 2 aliphatic carbocycles. The molecule has 0 heterocycles. The predicted octanol–water partition coefficient (Wildman–Crippen LogP) is 4.17. The number of carbonyl (C=O) groups is 1. The number of esters is 1. The molecule has 0 amide bonds. The number of aromatic hydroxyl groups is 1. The van der Waals surface area contributed by atoms with Crippen LogP contribution in [-0.2, 0) is 9.53 Å². The van der Waals surface area contributed by atoms with E-state index in [9.17, 15) is 9.90 Å². The first kappa shape index (κ1) is 16.9. The lowest BCUT2D eigenvalue weighted by molar-refractivity contribution is -0.150. The first-order valence-corrected chi connectivity index (χ1v) is 8.53.